The quantitative estimate of drug-likeness (QED) is 0.689. The Bertz CT molecular complexity index is 1000. The maximum Gasteiger partial charge on any atom is 0.297 e. The van der Waals surface area contributed by atoms with Crippen LogP contribution in [0.5, 0.6) is 0 Å². The van der Waals surface area contributed by atoms with Crippen molar-refractivity contribution < 1.29 is 14.3 Å². The summed E-state index contributed by atoms with van der Waals surface area (Å²) in [5.74, 6) is 0.732. The predicted molar refractivity (Wildman–Crippen MR) is 108 cm³/mol. The van der Waals surface area contributed by atoms with Gasteiger partial charge >= 0.3 is 0 Å². The molecular weight excluding hydrogens is 370 g/mol. The molecule has 0 unspecified atom stereocenters. The molecule has 0 amide bonds. The number of aromatic nitrogens is 2. The monoisotopic (exact) mass is 393 g/mol. The van der Waals surface area contributed by atoms with Gasteiger partial charge in [0, 0.05) is 36.8 Å². The van der Waals surface area contributed by atoms with Gasteiger partial charge in [0.1, 0.15) is 6.26 Å². The molecule has 2 bridgehead atoms. The summed E-state index contributed by atoms with van der Waals surface area (Å²) >= 11 is 0. The van der Waals surface area contributed by atoms with Crippen molar-refractivity contribution in [3.63, 3.8) is 0 Å². The third-order valence-corrected chi connectivity index (χ3v) is 5.78. The zero-order valence-electron chi connectivity index (χ0n) is 15.9. The van der Waals surface area contributed by atoms with Crippen molar-refractivity contribution in [1.82, 2.24) is 9.55 Å². The number of oxazole rings is 1. The molecule has 7 nitrogen and oxygen atoms in total. The number of hydrogen-bond acceptors (Lipinski definition) is 5. The SMILES string of the molecule is O=CO.O=c1cccc2n1[C@@H](Cc1ccccc1)[C@H]1C[C@@H]2CN(c2ncco2)C1. The van der Waals surface area contributed by atoms with Crippen molar-refractivity contribution in [2.45, 2.75) is 24.8 Å². The summed E-state index contributed by atoms with van der Waals surface area (Å²) in [4.78, 5) is 27.7. The van der Waals surface area contributed by atoms with E-state index in [4.69, 9.17) is 14.3 Å². The third kappa shape index (κ3) is 3.81. The lowest BCUT2D eigenvalue weighted by atomic mass is 9.77. The van der Waals surface area contributed by atoms with Gasteiger partial charge in [0.2, 0.25) is 0 Å². The van der Waals surface area contributed by atoms with Gasteiger partial charge in [0.25, 0.3) is 18.0 Å². The Morgan fingerprint density at radius 3 is 2.66 bits per heavy atom. The first-order valence-electron chi connectivity index (χ1n) is 9.69. The summed E-state index contributed by atoms with van der Waals surface area (Å²) in [6.45, 7) is 1.47. The van der Waals surface area contributed by atoms with Crippen LogP contribution in [0, 0.1) is 5.92 Å². The van der Waals surface area contributed by atoms with Crippen LogP contribution in [0.15, 0.2) is 70.2 Å². The number of carbonyl (C=O) groups is 1. The van der Waals surface area contributed by atoms with Crippen LogP contribution in [-0.2, 0) is 11.2 Å². The van der Waals surface area contributed by atoms with Gasteiger partial charge in [-0.25, -0.2) is 4.98 Å². The van der Waals surface area contributed by atoms with Crippen LogP contribution in [0.3, 0.4) is 0 Å². The Morgan fingerprint density at radius 1 is 1.14 bits per heavy atom. The van der Waals surface area contributed by atoms with Gasteiger partial charge in [-0.05, 0) is 30.4 Å². The van der Waals surface area contributed by atoms with Gasteiger partial charge in [0.05, 0.1) is 6.20 Å². The highest BCUT2D eigenvalue weighted by Gasteiger charge is 2.41. The van der Waals surface area contributed by atoms with E-state index in [2.05, 4.69) is 44.8 Å². The molecule has 150 valence electrons. The zero-order valence-corrected chi connectivity index (χ0v) is 15.9. The lowest BCUT2D eigenvalue weighted by Gasteiger charge is -2.46. The molecular formula is C22H23N3O4. The highest BCUT2D eigenvalue weighted by atomic mass is 16.4. The van der Waals surface area contributed by atoms with Crippen LogP contribution in [-0.4, -0.2) is 34.2 Å². The second kappa shape index (κ2) is 8.34. The molecule has 1 N–H and O–H groups in total. The number of hydrogen-bond donors (Lipinski definition) is 1. The van der Waals surface area contributed by atoms with Crippen LogP contribution < -0.4 is 10.5 Å². The summed E-state index contributed by atoms with van der Waals surface area (Å²) in [7, 11) is 0. The summed E-state index contributed by atoms with van der Waals surface area (Å²) in [5.41, 5.74) is 2.53. The van der Waals surface area contributed by atoms with E-state index < -0.39 is 0 Å². The summed E-state index contributed by atoms with van der Waals surface area (Å²) in [6, 6.07) is 17.0. The second-order valence-electron chi connectivity index (χ2n) is 7.43. The molecule has 2 aliphatic rings. The van der Waals surface area contributed by atoms with E-state index in [-0.39, 0.29) is 18.1 Å². The molecule has 7 heteroatoms. The van der Waals surface area contributed by atoms with Gasteiger partial charge in [0.15, 0.2) is 0 Å². The fraction of sp³-hybridized carbons (Fsp3) is 0.318. The number of piperidine rings is 1. The molecule has 3 atom stereocenters. The Morgan fingerprint density at radius 2 is 1.93 bits per heavy atom. The van der Waals surface area contributed by atoms with Gasteiger partial charge in [-0.15, -0.1) is 0 Å². The van der Waals surface area contributed by atoms with Crippen LogP contribution in [0.2, 0.25) is 0 Å². The number of pyridine rings is 1. The highest BCUT2D eigenvalue weighted by Crippen LogP contribution is 2.43. The van der Waals surface area contributed by atoms with E-state index in [1.165, 1.54) is 5.56 Å². The number of fused-ring (bicyclic) bond motifs is 4. The maximum atomic E-state index is 12.7. The van der Waals surface area contributed by atoms with E-state index in [0.29, 0.717) is 17.9 Å². The minimum absolute atomic E-state index is 0.114. The van der Waals surface area contributed by atoms with E-state index in [1.807, 2.05) is 12.1 Å². The van der Waals surface area contributed by atoms with E-state index in [0.717, 1.165) is 31.6 Å². The first-order valence-corrected chi connectivity index (χ1v) is 9.69. The molecule has 0 aliphatic carbocycles. The third-order valence-electron chi connectivity index (χ3n) is 5.78. The molecule has 1 fully saturated rings. The highest BCUT2D eigenvalue weighted by molar-refractivity contribution is 5.33. The van der Waals surface area contributed by atoms with Gasteiger partial charge in [-0.3, -0.25) is 9.59 Å². The van der Waals surface area contributed by atoms with Crippen LogP contribution in [0.4, 0.5) is 6.01 Å². The Labute approximate surface area is 168 Å². The van der Waals surface area contributed by atoms with Crippen LogP contribution in [0.25, 0.3) is 0 Å². The first-order chi connectivity index (χ1) is 14.2. The standard InChI is InChI=1S/C21H21N3O2.CH2O2/c25-20-8-4-7-18-16-12-17(14-23(13-16)21-22-9-10-26-21)19(24(18)20)11-15-5-2-1-3-6-15;2-1-3/h1-10,16-17,19H,11-14H2;1H,(H,2,3)/t16-,17+,19+;/m1./s1. The van der Waals surface area contributed by atoms with Crippen LogP contribution >= 0.6 is 0 Å². The molecule has 2 aromatic heterocycles. The number of nitrogens with zero attached hydrogens (tertiary/aromatic N) is 3. The van der Waals surface area contributed by atoms with Gasteiger partial charge in [-0.1, -0.05) is 36.4 Å². The molecule has 1 aromatic carbocycles. The van der Waals surface area contributed by atoms with Crippen molar-refractivity contribution in [3.05, 3.63) is 82.6 Å². The average Bonchev–Trinajstić information content (AvgIpc) is 3.28. The topological polar surface area (TPSA) is 88.6 Å². The molecule has 1 saturated heterocycles. The van der Waals surface area contributed by atoms with Gasteiger partial charge in [-0.2, -0.15) is 0 Å². The second-order valence-corrected chi connectivity index (χ2v) is 7.43. The van der Waals surface area contributed by atoms with Crippen molar-refractivity contribution in [2.24, 2.45) is 5.92 Å². The molecule has 5 rings (SSSR count). The number of benzene rings is 1. The lowest BCUT2D eigenvalue weighted by Crippen LogP contribution is -2.50. The van der Waals surface area contributed by atoms with Gasteiger partial charge < -0.3 is 19.0 Å². The predicted octanol–water partition coefficient (Wildman–Crippen LogP) is 2.94. The number of carboxylic acid groups (broad SMARTS) is 1. The Balaban J connectivity index is 0.000000645. The molecule has 0 radical (unpaired) electrons. The van der Waals surface area contributed by atoms with Crippen molar-refractivity contribution >= 4 is 12.5 Å². The van der Waals surface area contributed by atoms with E-state index in [9.17, 15) is 4.79 Å². The fourth-order valence-electron chi connectivity index (χ4n) is 4.69. The molecule has 0 spiro atoms. The largest absolute Gasteiger partial charge is 0.483 e. The Kier molecular flexibility index (Phi) is 5.46. The van der Waals surface area contributed by atoms with Crippen molar-refractivity contribution in [3.8, 4) is 0 Å². The minimum atomic E-state index is -0.250. The molecule has 29 heavy (non-hydrogen) atoms. The maximum absolute atomic E-state index is 12.7. The molecule has 4 heterocycles. The zero-order chi connectivity index (χ0) is 20.2. The lowest BCUT2D eigenvalue weighted by molar-refractivity contribution is -0.122. The van der Waals surface area contributed by atoms with E-state index >= 15 is 0 Å². The van der Waals surface area contributed by atoms with Crippen LogP contribution in [0.1, 0.15) is 29.6 Å². The number of anilines is 1. The Hall–Kier alpha value is -3.35. The molecule has 0 saturated carbocycles. The number of rotatable bonds is 3. The van der Waals surface area contributed by atoms with Crippen molar-refractivity contribution in [1.29, 1.82) is 0 Å². The molecule has 3 aromatic rings. The smallest absolute Gasteiger partial charge is 0.297 e. The average molecular weight is 393 g/mol. The first kappa shape index (κ1) is 19.0. The summed E-state index contributed by atoms with van der Waals surface area (Å²) < 4.78 is 7.60. The minimum Gasteiger partial charge on any atom is -0.483 e. The normalized spacial score (nSPS) is 22.2. The van der Waals surface area contributed by atoms with Crippen molar-refractivity contribution in [2.75, 3.05) is 18.0 Å². The fourth-order valence-corrected chi connectivity index (χ4v) is 4.69. The van der Waals surface area contributed by atoms with E-state index in [1.54, 1.807) is 18.5 Å². The molecule has 2 aliphatic heterocycles. The summed E-state index contributed by atoms with van der Waals surface area (Å²) in [6.07, 6.45) is 5.30. The summed E-state index contributed by atoms with van der Waals surface area (Å²) in [5, 5.41) is 6.89.